The van der Waals surface area contributed by atoms with Crippen LogP contribution in [0.4, 0.5) is 0 Å². The van der Waals surface area contributed by atoms with Crippen LogP contribution in [0.1, 0.15) is 39.4 Å². The first kappa shape index (κ1) is 17.0. The van der Waals surface area contributed by atoms with Crippen molar-refractivity contribution in [3.05, 3.63) is 28.2 Å². The minimum atomic E-state index is -0.654. The molecule has 1 aromatic carbocycles. The summed E-state index contributed by atoms with van der Waals surface area (Å²) in [5, 5.41) is 9.79. The van der Waals surface area contributed by atoms with Crippen molar-refractivity contribution in [3.8, 4) is 5.75 Å². The monoisotopic (exact) mass is 343 g/mol. The van der Waals surface area contributed by atoms with E-state index in [4.69, 9.17) is 4.74 Å². The van der Waals surface area contributed by atoms with Gasteiger partial charge in [0.1, 0.15) is 5.75 Å². The molecule has 1 aromatic rings. The number of rotatable bonds is 6. The number of aliphatic hydroxyl groups is 1. The van der Waals surface area contributed by atoms with E-state index in [0.29, 0.717) is 24.4 Å². The second kappa shape index (κ2) is 7.64. The van der Waals surface area contributed by atoms with Crippen molar-refractivity contribution in [2.75, 3.05) is 13.1 Å². The minimum absolute atomic E-state index is 0.0468. The van der Waals surface area contributed by atoms with Gasteiger partial charge in [-0.2, -0.15) is 0 Å². The third-order valence-electron chi connectivity index (χ3n) is 3.15. The lowest BCUT2D eigenvalue weighted by Gasteiger charge is -2.24. The Kier molecular flexibility index (Phi) is 6.49. The Bertz CT molecular complexity index is 458. The highest BCUT2D eigenvalue weighted by Gasteiger charge is 2.21. The zero-order valence-corrected chi connectivity index (χ0v) is 14.0. The second-order valence-electron chi connectivity index (χ2n) is 4.63. The van der Waals surface area contributed by atoms with Crippen LogP contribution in [-0.4, -0.2) is 35.1 Å². The maximum absolute atomic E-state index is 12.2. The van der Waals surface area contributed by atoms with E-state index in [1.807, 2.05) is 19.9 Å². The Morgan fingerprint density at radius 1 is 1.35 bits per heavy atom. The summed E-state index contributed by atoms with van der Waals surface area (Å²) in [7, 11) is 0. The molecular weight excluding hydrogens is 322 g/mol. The van der Waals surface area contributed by atoms with Crippen molar-refractivity contribution >= 4 is 21.8 Å². The second-order valence-corrected chi connectivity index (χ2v) is 5.54. The number of aliphatic hydroxyl groups excluding tert-OH is 1. The molecule has 1 amide bonds. The maximum atomic E-state index is 12.2. The van der Waals surface area contributed by atoms with Crippen LogP contribution >= 0.6 is 15.9 Å². The number of likely N-dealkylation sites (N-methyl/N-ethyl adjacent to an activating group) is 1. The fourth-order valence-electron chi connectivity index (χ4n) is 1.99. The zero-order valence-electron chi connectivity index (χ0n) is 12.4. The fourth-order valence-corrected chi connectivity index (χ4v) is 2.37. The topological polar surface area (TPSA) is 49.8 Å². The molecular formula is C15H22BrNO3. The molecule has 0 aliphatic carbocycles. The molecule has 0 aliphatic rings. The van der Waals surface area contributed by atoms with Crippen molar-refractivity contribution in [3.63, 3.8) is 0 Å². The summed E-state index contributed by atoms with van der Waals surface area (Å²) in [6.45, 7) is 8.60. The van der Waals surface area contributed by atoms with Crippen LogP contribution < -0.4 is 4.74 Å². The summed E-state index contributed by atoms with van der Waals surface area (Å²) in [5.74, 6) is 0.491. The van der Waals surface area contributed by atoms with E-state index in [0.717, 1.165) is 4.47 Å². The van der Waals surface area contributed by atoms with Crippen LogP contribution in [0.5, 0.6) is 5.75 Å². The molecule has 5 heteroatoms. The summed E-state index contributed by atoms with van der Waals surface area (Å²) in [6, 6.07) is 5.39. The molecule has 0 fully saturated rings. The largest absolute Gasteiger partial charge is 0.481 e. The lowest BCUT2D eigenvalue weighted by Crippen LogP contribution is -2.40. The van der Waals surface area contributed by atoms with E-state index < -0.39 is 12.2 Å². The Morgan fingerprint density at radius 2 is 1.95 bits per heavy atom. The van der Waals surface area contributed by atoms with Gasteiger partial charge in [-0.1, -0.05) is 15.9 Å². The van der Waals surface area contributed by atoms with Gasteiger partial charge in [-0.05, 0) is 45.9 Å². The van der Waals surface area contributed by atoms with Crippen LogP contribution in [0.3, 0.4) is 0 Å². The quantitative estimate of drug-likeness (QED) is 0.863. The van der Waals surface area contributed by atoms with E-state index in [9.17, 15) is 9.90 Å². The zero-order chi connectivity index (χ0) is 15.3. The SMILES string of the molecule is CCN(CC)C(=O)C(C)Oc1ccc(Br)cc1[C@H](C)O. The number of amides is 1. The summed E-state index contributed by atoms with van der Waals surface area (Å²) < 4.78 is 6.60. The first-order valence-electron chi connectivity index (χ1n) is 6.83. The highest BCUT2D eigenvalue weighted by Crippen LogP contribution is 2.29. The first-order chi connectivity index (χ1) is 9.40. The smallest absolute Gasteiger partial charge is 0.263 e. The predicted molar refractivity (Wildman–Crippen MR) is 82.8 cm³/mol. The minimum Gasteiger partial charge on any atom is -0.481 e. The highest BCUT2D eigenvalue weighted by molar-refractivity contribution is 9.10. The summed E-state index contributed by atoms with van der Waals surface area (Å²) in [6.07, 6.45) is -1.23. The fraction of sp³-hybridized carbons (Fsp3) is 0.533. The lowest BCUT2D eigenvalue weighted by atomic mass is 10.1. The predicted octanol–water partition coefficient (Wildman–Crippen LogP) is 3.14. The number of nitrogens with zero attached hydrogens (tertiary/aromatic N) is 1. The molecule has 1 unspecified atom stereocenters. The molecule has 0 bridgehead atoms. The molecule has 1 rings (SSSR count). The Balaban J connectivity index is 2.90. The van der Waals surface area contributed by atoms with Gasteiger partial charge in [0, 0.05) is 23.1 Å². The van der Waals surface area contributed by atoms with Crippen LogP contribution in [0.25, 0.3) is 0 Å². The van der Waals surface area contributed by atoms with Crippen LogP contribution in [0.2, 0.25) is 0 Å². The molecule has 0 spiro atoms. The number of carbonyl (C=O) groups excluding carboxylic acids is 1. The highest BCUT2D eigenvalue weighted by atomic mass is 79.9. The average Bonchev–Trinajstić information content (AvgIpc) is 2.41. The van der Waals surface area contributed by atoms with Crippen molar-refractivity contribution < 1.29 is 14.6 Å². The van der Waals surface area contributed by atoms with E-state index in [-0.39, 0.29) is 5.91 Å². The van der Waals surface area contributed by atoms with E-state index in [1.54, 1.807) is 30.9 Å². The van der Waals surface area contributed by atoms with Crippen molar-refractivity contribution in [2.24, 2.45) is 0 Å². The Morgan fingerprint density at radius 3 is 2.45 bits per heavy atom. The van der Waals surface area contributed by atoms with Gasteiger partial charge in [0.25, 0.3) is 5.91 Å². The molecule has 0 heterocycles. The van der Waals surface area contributed by atoms with Crippen molar-refractivity contribution in [2.45, 2.75) is 39.9 Å². The van der Waals surface area contributed by atoms with Gasteiger partial charge in [0.15, 0.2) is 6.10 Å². The van der Waals surface area contributed by atoms with Gasteiger partial charge < -0.3 is 14.7 Å². The summed E-state index contributed by atoms with van der Waals surface area (Å²) in [4.78, 5) is 13.9. The third-order valence-corrected chi connectivity index (χ3v) is 3.64. The number of hydrogen-bond acceptors (Lipinski definition) is 3. The van der Waals surface area contributed by atoms with Crippen molar-refractivity contribution in [1.82, 2.24) is 4.90 Å². The lowest BCUT2D eigenvalue weighted by molar-refractivity contribution is -0.137. The molecule has 2 atom stereocenters. The Labute approximate surface area is 128 Å². The van der Waals surface area contributed by atoms with E-state index in [1.165, 1.54) is 0 Å². The van der Waals surface area contributed by atoms with Crippen LogP contribution in [0, 0.1) is 0 Å². The first-order valence-corrected chi connectivity index (χ1v) is 7.62. The number of carbonyl (C=O) groups is 1. The molecule has 1 N–H and O–H groups in total. The normalized spacial score (nSPS) is 13.7. The van der Waals surface area contributed by atoms with Crippen LogP contribution in [0.15, 0.2) is 22.7 Å². The number of ether oxygens (including phenoxy) is 1. The number of halogens is 1. The summed E-state index contributed by atoms with van der Waals surface area (Å²) in [5.41, 5.74) is 0.665. The third kappa shape index (κ3) is 4.21. The van der Waals surface area contributed by atoms with Gasteiger partial charge >= 0.3 is 0 Å². The van der Waals surface area contributed by atoms with E-state index >= 15 is 0 Å². The summed E-state index contributed by atoms with van der Waals surface area (Å²) >= 11 is 3.36. The Hall–Kier alpha value is -1.07. The van der Waals surface area contributed by atoms with Crippen molar-refractivity contribution in [1.29, 1.82) is 0 Å². The average molecular weight is 344 g/mol. The van der Waals surface area contributed by atoms with Crippen LogP contribution in [-0.2, 0) is 4.79 Å². The molecule has 20 heavy (non-hydrogen) atoms. The number of benzene rings is 1. The molecule has 0 saturated heterocycles. The molecule has 0 saturated carbocycles. The standard InChI is InChI=1S/C15H22BrNO3/c1-5-17(6-2)15(19)11(4)20-14-8-7-12(16)9-13(14)10(3)18/h7-11,18H,5-6H2,1-4H3/t10-,11?/m0/s1. The van der Waals surface area contributed by atoms with E-state index in [2.05, 4.69) is 15.9 Å². The van der Waals surface area contributed by atoms with Gasteiger partial charge in [0.2, 0.25) is 0 Å². The molecule has 4 nitrogen and oxygen atoms in total. The maximum Gasteiger partial charge on any atom is 0.263 e. The molecule has 112 valence electrons. The molecule has 0 aromatic heterocycles. The van der Waals surface area contributed by atoms with Gasteiger partial charge in [-0.3, -0.25) is 4.79 Å². The molecule has 0 aliphatic heterocycles. The van der Waals surface area contributed by atoms with Gasteiger partial charge in [-0.15, -0.1) is 0 Å². The van der Waals surface area contributed by atoms with Gasteiger partial charge in [0.05, 0.1) is 6.10 Å². The van der Waals surface area contributed by atoms with Gasteiger partial charge in [-0.25, -0.2) is 0 Å². The number of hydrogen-bond donors (Lipinski definition) is 1. The molecule has 0 radical (unpaired) electrons.